The molecule has 2 rings (SSSR count). The lowest BCUT2D eigenvalue weighted by Gasteiger charge is -2.08. The van der Waals surface area contributed by atoms with Crippen molar-refractivity contribution >= 4 is 11.8 Å². The topological polar surface area (TPSA) is 94.8 Å². The maximum atomic E-state index is 11.0. The molecule has 2 heterocycles. The van der Waals surface area contributed by atoms with Crippen LogP contribution in [0.3, 0.4) is 0 Å². The van der Waals surface area contributed by atoms with E-state index in [0.29, 0.717) is 5.69 Å². The molecule has 0 unspecified atom stereocenters. The molecular weight excluding hydrogens is 162 g/mol. The third kappa shape index (κ3) is 0.849. The second kappa shape index (κ2) is 2.07. The zero-order chi connectivity index (χ0) is 8.72. The molecule has 3 N–H and O–H groups in total. The number of amides is 2. The summed E-state index contributed by atoms with van der Waals surface area (Å²) in [5, 5.41) is 2.08. The highest BCUT2D eigenvalue weighted by Gasteiger charge is 2.24. The van der Waals surface area contributed by atoms with Crippen LogP contribution in [0.4, 0.5) is 0 Å². The van der Waals surface area contributed by atoms with E-state index < -0.39 is 17.5 Å². The molecular formula is C6H5N3O3. The number of H-pyrrole nitrogens is 2. The molecule has 0 aliphatic carbocycles. The fourth-order valence-electron chi connectivity index (χ4n) is 1.14. The number of carbonyl (C=O) groups excluding carboxylic acids is 2. The van der Waals surface area contributed by atoms with Gasteiger partial charge in [-0.2, -0.15) is 0 Å². The number of aromatic amines is 2. The number of fused-ring (bicyclic) bond motifs is 1. The quantitative estimate of drug-likeness (QED) is 0.411. The van der Waals surface area contributed by atoms with Crippen molar-refractivity contribution in [1.82, 2.24) is 15.3 Å². The van der Waals surface area contributed by atoms with Crippen LogP contribution in [-0.4, -0.2) is 21.8 Å². The van der Waals surface area contributed by atoms with Crippen LogP contribution < -0.4 is 11.0 Å². The van der Waals surface area contributed by atoms with Gasteiger partial charge in [-0.05, 0) is 0 Å². The zero-order valence-corrected chi connectivity index (χ0v) is 5.93. The van der Waals surface area contributed by atoms with Gasteiger partial charge in [0.1, 0.15) is 5.69 Å². The van der Waals surface area contributed by atoms with E-state index in [9.17, 15) is 14.4 Å². The molecule has 62 valence electrons. The number of rotatable bonds is 0. The van der Waals surface area contributed by atoms with Gasteiger partial charge < -0.3 is 9.97 Å². The number of hydrogen-bond acceptors (Lipinski definition) is 3. The van der Waals surface area contributed by atoms with Gasteiger partial charge in [0.25, 0.3) is 5.91 Å². The van der Waals surface area contributed by atoms with Crippen molar-refractivity contribution in [2.75, 3.05) is 0 Å². The number of imide groups is 1. The first kappa shape index (κ1) is 6.84. The van der Waals surface area contributed by atoms with Crippen molar-refractivity contribution in [3.05, 3.63) is 21.9 Å². The largest absolute Gasteiger partial charge is 0.323 e. The summed E-state index contributed by atoms with van der Waals surface area (Å²) in [5.74, 6) is -0.956. The molecule has 0 fully saturated rings. The number of aromatic nitrogens is 2. The smallest absolute Gasteiger partial charge is 0.309 e. The summed E-state index contributed by atoms with van der Waals surface area (Å²) in [4.78, 5) is 37.1. The van der Waals surface area contributed by atoms with Gasteiger partial charge in [0.15, 0.2) is 0 Å². The number of hydrogen-bond donors (Lipinski definition) is 3. The third-order valence-corrected chi connectivity index (χ3v) is 1.62. The van der Waals surface area contributed by atoms with E-state index in [2.05, 4.69) is 15.3 Å². The van der Waals surface area contributed by atoms with Crippen molar-refractivity contribution < 1.29 is 9.59 Å². The van der Waals surface area contributed by atoms with Crippen molar-refractivity contribution in [3.63, 3.8) is 0 Å². The van der Waals surface area contributed by atoms with Crippen molar-refractivity contribution in [3.8, 4) is 0 Å². The standard InChI is InChI=1S/C6H5N3O3/c10-3-1-2-4(5(11)8-3)9-6(12)7-2/h1H2,(H2,7,9,12)(H,8,10,11). The van der Waals surface area contributed by atoms with E-state index in [1.165, 1.54) is 0 Å². The molecule has 0 saturated heterocycles. The van der Waals surface area contributed by atoms with Crippen LogP contribution in [0, 0.1) is 0 Å². The average molecular weight is 167 g/mol. The maximum absolute atomic E-state index is 11.0. The highest BCUT2D eigenvalue weighted by molar-refractivity contribution is 6.08. The molecule has 0 bridgehead atoms. The van der Waals surface area contributed by atoms with Crippen LogP contribution in [0.1, 0.15) is 16.2 Å². The van der Waals surface area contributed by atoms with Crippen LogP contribution in [-0.2, 0) is 11.2 Å². The molecule has 0 atom stereocenters. The van der Waals surface area contributed by atoms with E-state index >= 15 is 0 Å². The molecule has 0 saturated carbocycles. The van der Waals surface area contributed by atoms with E-state index in [-0.39, 0.29) is 12.1 Å². The second-order valence-corrected chi connectivity index (χ2v) is 2.49. The molecule has 6 nitrogen and oxygen atoms in total. The molecule has 2 amide bonds. The number of imidazole rings is 1. The Kier molecular flexibility index (Phi) is 1.18. The maximum Gasteiger partial charge on any atom is 0.323 e. The van der Waals surface area contributed by atoms with Crippen molar-refractivity contribution in [2.24, 2.45) is 0 Å². The van der Waals surface area contributed by atoms with E-state index in [1.807, 2.05) is 0 Å². The Bertz CT molecular complexity index is 414. The summed E-state index contributed by atoms with van der Waals surface area (Å²) in [6.07, 6.45) is 0.0415. The van der Waals surface area contributed by atoms with Crippen LogP contribution in [0.15, 0.2) is 4.79 Å². The van der Waals surface area contributed by atoms with Gasteiger partial charge in [-0.1, -0.05) is 0 Å². The lowest BCUT2D eigenvalue weighted by atomic mass is 10.2. The predicted octanol–water partition coefficient (Wildman–Crippen LogP) is -1.48. The van der Waals surface area contributed by atoms with Crippen molar-refractivity contribution in [1.29, 1.82) is 0 Å². The van der Waals surface area contributed by atoms with Crippen LogP contribution >= 0.6 is 0 Å². The summed E-state index contributed by atoms with van der Waals surface area (Å²) in [5.41, 5.74) is 0.0400. The molecule has 6 heteroatoms. The first-order valence-corrected chi connectivity index (χ1v) is 3.32. The molecule has 1 aromatic heterocycles. The minimum atomic E-state index is -0.556. The Labute approximate surface area is 66.0 Å². The highest BCUT2D eigenvalue weighted by atomic mass is 16.2. The van der Waals surface area contributed by atoms with Crippen LogP contribution in [0.2, 0.25) is 0 Å². The van der Waals surface area contributed by atoms with Gasteiger partial charge in [-0.3, -0.25) is 14.9 Å². The zero-order valence-electron chi connectivity index (χ0n) is 5.93. The predicted molar refractivity (Wildman–Crippen MR) is 37.6 cm³/mol. The van der Waals surface area contributed by atoms with Crippen molar-refractivity contribution in [2.45, 2.75) is 6.42 Å². The normalized spacial score (nSPS) is 15.7. The summed E-state index contributed by atoms with van der Waals surface area (Å²) >= 11 is 0. The number of carbonyl (C=O) groups is 2. The lowest BCUT2D eigenvalue weighted by molar-refractivity contribution is -0.119. The van der Waals surface area contributed by atoms with Gasteiger partial charge in [0.05, 0.1) is 12.1 Å². The Balaban J connectivity index is 2.60. The molecule has 1 aromatic rings. The summed E-state index contributed by atoms with van der Waals surface area (Å²) in [7, 11) is 0. The Morgan fingerprint density at radius 2 is 1.83 bits per heavy atom. The SMILES string of the molecule is O=C1Cc2[nH]c(=O)[nH]c2C(=O)N1. The van der Waals surface area contributed by atoms with Gasteiger partial charge in [-0.25, -0.2) is 4.79 Å². The fraction of sp³-hybridized carbons (Fsp3) is 0.167. The minimum absolute atomic E-state index is 0.0415. The molecule has 0 aromatic carbocycles. The molecule has 12 heavy (non-hydrogen) atoms. The van der Waals surface area contributed by atoms with E-state index in [4.69, 9.17) is 0 Å². The van der Waals surface area contributed by atoms with E-state index in [1.54, 1.807) is 0 Å². The summed E-state index contributed by atoms with van der Waals surface area (Å²) < 4.78 is 0. The summed E-state index contributed by atoms with van der Waals surface area (Å²) in [6, 6.07) is 0. The Morgan fingerprint density at radius 1 is 1.08 bits per heavy atom. The number of nitrogens with one attached hydrogen (secondary N) is 3. The van der Waals surface area contributed by atoms with Gasteiger partial charge in [0.2, 0.25) is 5.91 Å². The molecule has 0 radical (unpaired) electrons. The van der Waals surface area contributed by atoms with E-state index in [0.717, 1.165) is 0 Å². The minimum Gasteiger partial charge on any atom is -0.309 e. The third-order valence-electron chi connectivity index (χ3n) is 1.62. The first-order valence-electron chi connectivity index (χ1n) is 3.32. The average Bonchev–Trinajstić information content (AvgIpc) is 2.29. The van der Waals surface area contributed by atoms with Gasteiger partial charge in [0, 0.05) is 0 Å². The second-order valence-electron chi connectivity index (χ2n) is 2.49. The van der Waals surface area contributed by atoms with Gasteiger partial charge in [-0.15, -0.1) is 0 Å². The molecule has 1 aliphatic rings. The monoisotopic (exact) mass is 167 g/mol. The Morgan fingerprint density at radius 3 is 2.58 bits per heavy atom. The molecule has 0 spiro atoms. The van der Waals surface area contributed by atoms with Gasteiger partial charge >= 0.3 is 5.69 Å². The Hall–Kier alpha value is -1.85. The first-order chi connectivity index (χ1) is 5.66. The van der Waals surface area contributed by atoms with Crippen LogP contribution in [0.25, 0.3) is 0 Å². The summed E-state index contributed by atoms with van der Waals surface area (Å²) in [6.45, 7) is 0. The highest BCUT2D eigenvalue weighted by Crippen LogP contribution is 2.05. The molecule has 1 aliphatic heterocycles. The van der Waals surface area contributed by atoms with Crippen LogP contribution in [0.5, 0.6) is 0 Å². The fourth-order valence-corrected chi connectivity index (χ4v) is 1.14. The lowest BCUT2D eigenvalue weighted by Crippen LogP contribution is -2.37.